The van der Waals surface area contributed by atoms with E-state index in [-0.39, 0.29) is 40.4 Å². The number of hydrogen-bond donors (Lipinski definition) is 1. The second-order valence-electron chi connectivity index (χ2n) is 7.14. The number of methoxy groups -OCH3 is 1. The van der Waals surface area contributed by atoms with E-state index in [0.717, 1.165) is 22.1 Å². The first kappa shape index (κ1) is 23.9. The summed E-state index contributed by atoms with van der Waals surface area (Å²) in [5.41, 5.74) is -0.647. The fourth-order valence-corrected chi connectivity index (χ4v) is 4.23. The lowest BCUT2D eigenvalue weighted by Crippen LogP contribution is -2.26. The van der Waals surface area contributed by atoms with E-state index in [4.69, 9.17) is 14.2 Å². The van der Waals surface area contributed by atoms with Crippen LogP contribution in [0, 0.1) is 5.82 Å². The Labute approximate surface area is 202 Å². The number of carbonyl (C=O) groups excluding carboxylic acids is 2. The van der Waals surface area contributed by atoms with Gasteiger partial charge in [0.15, 0.2) is 12.3 Å². The Morgan fingerprint density at radius 1 is 1.14 bits per heavy atom. The smallest absolute Gasteiger partial charge is 0.359 e. The molecule has 180 valence electrons. The molecule has 0 aliphatic carbocycles. The summed E-state index contributed by atoms with van der Waals surface area (Å²) in [5, 5.41) is 8.78. The van der Waals surface area contributed by atoms with Crippen LogP contribution < -0.4 is 20.3 Å². The number of anilines is 1. The van der Waals surface area contributed by atoms with Crippen LogP contribution >= 0.6 is 11.3 Å². The summed E-state index contributed by atoms with van der Waals surface area (Å²) < 4.78 is 30.5. The number of nitrogens with one attached hydrogen (secondary N) is 1. The summed E-state index contributed by atoms with van der Waals surface area (Å²) in [6, 6.07) is 12.0. The monoisotopic (exact) mass is 497 g/mol. The minimum Gasteiger partial charge on any atom is -0.497 e. The molecular formula is C24H20FN3O6S. The lowest BCUT2D eigenvalue weighted by Gasteiger charge is -2.10. The lowest BCUT2D eigenvalue weighted by atomic mass is 10.2. The second-order valence-corrected chi connectivity index (χ2v) is 8.01. The van der Waals surface area contributed by atoms with Gasteiger partial charge in [-0.15, -0.1) is 11.3 Å². The molecule has 0 radical (unpaired) electrons. The molecule has 0 bridgehead atoms. The van der Waals surface area contributed by atoms with Crippen LogP contribution in [-0.2, 0) is 9.53 Å². The highest BCUT2D eigenvalue weighted by Crippen LogP contribution is 2.31. The molecule has 0 atom stereocenters. The highest BCUT2D eigenvalue weighted by molar-refractivity contribution is 7.16. The number of thiophene rings is 1. The van der Waals surface area contributed by atoms with E-state index >= 15 is 0 Å². The Balaban J connectivity index is 1.70. The van der Waals surface area contributed by atoms with Crippen LogP contribution in [0.5, 0.6) is 11.5 Å². The molecule has 9 nitrogen and oxygen atoms in total. The van der Waals surface area contributed by atoms with E-state index in [1.54, 1.807) is 31.2 Å². The summed E-state index contributed by atoms with van der Waals surface area (Å²) >= 11 is 1.05. The molecule has 1 amide bonds. The Bertz CT molecular complexity index is 1470. The molecule has 0 aliphatic rings. The van der Waals surface area contributed by atoms with Gasteiger partial charge < -0.3 is 19.5 Å². The maximum atomic E-state index is 13.8. The average molecular weight is 498 g/mol. The molecular weight excluding hydrogens is 477 g/mol. The van der Waals surface area contributed by atoms with Gasteiger partial charge in [0.05, 0.1) is 24.8 Å². The van der Waals surface area contributed by atoms with Crippen molar-refractivity contribution in [3.8, 4) is 17.2 Å². The number of aromatic nitrogens is 2. The van der Waals surface area contributed by atoms with Crippen LogP contribution in [-0.4, -0.2) is 42.0 Å². The van der Waals surface area contributed by atoms with Crippen molar-refractivity contribution in [1.29, 1.82) is 0 Å². The van der Waals surface area contributed by atoms with E-state index in [9.17, 15) is 18.8 Å². The summed E-state index contributed by atoms with van der Waals surface area (Å²) in [4.78, 5) is 38.5. The quantitative estimate of drug-likeness (QED) is 0.369. The van der Waals surface area contributed by atoms with E-state index < -0.39 is 23.3 Å². The molecule has 0 fully saturated rings. The zero-order valence-corrected chi connectivity index (χ0v) is 19.6. The number of benzene rings is 2. The third kappa shape index (κ3) is 5.14. The van der Waals surface area contributed by atoms with Crippen molar-refractivity contribution in [3.05, 3.63) is 75.8 Å². The van der Waals surface area contributed by atoms with Crippen molar-refractivity contribution >= 4 is 39.0 Å². The molecule has 0 saturated carbocycles. The first-order chi connectivity index (χ1) is 16.9. The van der Waals surface area contributed by atoms with Crippen molar-refractivity contribution in [2.24, 2.45) is 0 Å². The molecule has 11 heteroatoms. The van der Waals surface area contributed by atoms with E-state index in [0.29, 0.717) is 11.5 Å². The zero-order valence-electron chi connectivity index (χ0n) is 18.7. The molecule has 0 unspecified atom stereocenters. The van der Waals surface area contributed by atoms with Gasteiger partial charge >= 0.3 is 5.97 Å². The topological polar surface area (TPSA) is 109 Å². The highest BCUT2D eigenvalue weighted by atomic mass is 32.1. The van der Waals surface area contributed by atoms with Gasteiger partial charge in [-0.05, 0) is 37.3 Å². The molecule has 4 aromatic rings. The number of esters is 1. The number of hydrogen-bond acceptors (Lipinski definition) is 8. The standard InChI is InChI=1S/C24H20FN3O6S/c1-3-33-24(31)21-18-13-35-22(26-19(29)12-34-17-9-5-8-16(11-17)32-2)20(18)23(30)28(27-21)15-7-4-6-14(25)10-15/h4-11,13H,3,12H2,1-2H3,(H,26,29). The number of halogens is 1. The number of ether oxygens (including phenoxy) is 3. The first-order valence-electron chi connectivity index (χ1n) is 10.5. The molecule has 1 N–H and O–H groups in total. The van der Waals surface area contributed by atoms with Gasteiger partial charge in [0.2, 0.25) is 0 Å². The normalized spacial score (nSPS) is 10.7. The fourth-order valence-electron chi connectivity index (χ4n) is 3.28. The summed E-state index contributed by atoms with van der Waals surface area (Å²) in [6.45, 7) is 1.40. The molecule has 2 aromatic carbocycles. The van der Waals surface area contributed by atoms with Gasteiger partial charge in [-0.3, -0.25) is 9.59 Å². The van der Waals surface area contributed by atoms with Crippen LogP contribution in [0.4, 0.5) is 9.39 Å². The third-order valence-corrected chi connectivity index (χ3v) is 5.73. The van der Waals surface area contributed by atoms with Crippen LogP contribution in [0.3, 0.4) is 0 Å². The van der Waals surface area contributed by atoms with Crippen LogP contribution in [0.2, 0.25) is 0 Å². The fraction of sp³-hybridized carbons (Fsp3) is 0.167. The summed E-state index contributed by atoms with van der Waals surface area (Å²) in [6.07, 6.45) is 0. The lowest BCUT2D eigenvalue weighted by molar-refractivity contribution is -0.118. The van der Waals surface area contributed by atoms with Crippen molar-refractivity contribution in [2.45, 2.75) is 6.92 Å². The SMILES string of the molecule is CCOC(=O)c1nn(-c2cccc(F)c2)c(=O)c2c(NC(=O)COc3cccc(OC)c3)scc12. The van der Waals surface area contributed by atoms with Gasteiger partial charge in [0.1, 0.15) is 22.3 Å². The highest BCUT2D eigenvalue weighted by Gasteiger charge is 2.23. The Hall–Kier alpha value is -4.25. The maximum absolute atomic E-state index is 13.8. The van der Waals surface area contributed by atoms with Gasteiger partial charge in [0, 0.05) is 16.8 Å². The molecule has 0 spiro atoms. The molecule has 0 aliphatic heterocycles. The van der Waals surface area contributed by atoms with Crippen molar-refractivity contribution in [3.63, 3.8) is 0 Å². The van der Waals surface area contributed by atoms with Crippen LogP contribution in [0.1, 0.15) is 17.4 Å². The van der Waals surface area contributed by atoms with Gasteiger partial charge in [-0.1, -0.05) is 12.1 Å². The van der Waals surface area contributed by atoms with Crippen LogP contribution in [0.15, 0.2) is 58.7 Å². The average Bonchev–Trinajstić information content (AvgIpc) is 3.27. The Kier molecular flexibility index (Phi) is 7.06. The number of rotatable bonds is 8. The molecule has 0 saturated heterocycles. The van der Waals surface area contributed by atoms with E-state index in [1.165, 1.54) is 30.7 Å². The predicted molar refractivity (Wildman–Crippen MR) is 128 cm³/mol. The van der Waals surface area contributed by atoms with Crippen molar-refractivity contribution < 1.29 is 28.2 Å². The predicted octanol–water partition coefficient (Wildman–Crippen LogP) is 3.79. The molecule has 2 heterocycles. The molecule has 35 heavy (non-hydrogen) atoms. The second kappa shape index (κ2) is 10.3. The van der Waals surface area contributed by atoms with Crippen LogP contribution in [0.25, 0.3) is 16.5 Å². The zero-order chi connectivity index (χ0) is 24.9. The Morgan fingerprint density at radius 2 is 1.91 bits per heavy atom. The van der Waals surface area contributed by atoms with Gasteiger partial charge in [0.25, 0.3) is 11.5 Å². The Morgan fingerprint density at radius 3 is 2.66 bits per heavy atom. The van der Waals surface area contributed by atoms with Gasteiger partial charge in [-0.2, -0.15) is 9.78 Å². The summed E-state index contributed by atoms with van der Waals surface area (Å²) in [7, 11) is 1.52. The van der Waals surface area contributed by atoms with E-state index in [2.05, 4.69) is 10.4 Å². The van der Waals surface area contributed by atoms with Crippen molar-refractivity contribution in [2.75, 3.05) is 25.6 Å². The minimum atomic E-state index is -0.750. The maximum Gasteiger partial charge on any atom is 0.359 e. The number of fused-ring (bicyclic) bond motifs is 1. The number of amides is 1. The molecule has 4 rings (SSSR count). The first-order valence-corrected chi connectivity index (χ1v) is 11.3. The third-order valence-electron chi connectivity index (χ3n) is 4.84. The minimum absolute atomic E-state index is 0.0482. The van der Waals surface area contributed by atoms with Gasteiger partial charge in [-0.25, -0.2) is 9.18 Å². The number of carbonyl (C=O) groups is 2. The molecule has 2 aromatic heterocycles. The van der Waals surface area contributed by atoms with E-state index in [1.807, 2.05) is 0 Å². The number of nitrogens with zero attached hydrogens (tertiary/aromatic N) is 2. The summed E-state index contributed by atoms with van der Waals surface area (Å²) in [5.74, 6) is -0.855. The largest absolute Gasteiger partial charge is 0.497 e. The van der Waals surface area contributed by atoms with Crippen molar-refractivity contribution in [1.82, 2.24) is 9.78 Å².